The summed E-state index contributed by atoms with van der Waals surface area (Å²) in [5.74, 6) is 1.87. The molecule has 1 aromatic heterocycles. The van der Waals surface area contributed by atoms with E-state index < -0.39 is 0 Å². The van der Waals surface area contributed by atoms with Crippen LogP contribution in [-0.4, -0.2) is 23.3 Å². The second-order valence-electron chi connectivity index (χ2n) is 4.44. The number of rotatable bonds is 8. The van der Waals surface area contributed by atoms with Crippen LogP contribution in [0, 0.1) is 5.92 Å². The van der Waals surface area contributed by atoms with Crippen LogP contribution in [0.2, 0.25) is 0 Å². The molecule has 1 N–H and O–H groups in total. The Morgan fingerprint density at radius 3 is 2.59 bits per heavy atom. The summed E-state index contributed by atoms with van der Waals surface area (Å²) in [5.41, 5.74) is 0. The molecule has 2 atom stereocenters. The molecule has 1 aromatic rings. The van der Waals surface area contributed by atoms with Crippen molar-refractivity contribution in [2.75, 3.05) is 12.3 Å². The third-order valence-electron chi connectivity index (χ3n) is 3.07. The van der Waals surface area contributed by atoms with Crippen molar-refractivity contribution in [1.29, 1.82) is 0 Å². The van der Waals surface area contributed by atoms with Gasteiger partial charge in [0.25, 0.3) is 0 Å². The van der Waals surface area contributed by atoms with Gasteiger partial charge in [-0.15, -0.1) is 11.8 Å². The van der Waals surface area contributed by atoms with Gasteiger partial charge in [-0.2, -0.15) is 0 Å². The molecule has 2 nitrogen and oxygen atoms in total. The highest BCUT2D eigenvalue weighted by molar-refractivity contribution is 7.99. The number of aromatic nitrogens is 1. The zero-order chi connectivity index (χ0) is 12.5. The third kappa shape index (κ3) is 5.55. The lowest BCUT2D eigenvalue weighted by Crippen LogP contribution is -2.37. The standard InChI is InChI=1S/C14H24N2S/c1-4-8-16-14(12(3)5-2)11-17-13-6-9-15-10-7-13/h6-7,9-10,12,14,16H,4-5,8,11H2,1-3H3. The van der Waals surface area contributed by atoms with Crippen LogP contribution >= 0.6 is 11.8 Å². The first kappa shape index (κ1) is 14.5. The summed E-state index contributed by atoms with van der Waals surface area (Å²) in [7, 11) is 0. The normalized spacial score (nSPS) is 14.5. The van der Waals surface area contributed by atoms with Gasteiger partial charge in [-0.25, -0.2) is 0 Å². The summed E-state index contributed by atoms with van der Waals surface area (Å²) >= 11 is 1.92. The minimum Gasteiger partial charge on any atom is -0.313 e. The lowest BCUT2D eigenvalue weighted by molar-refractivity contribution is 0.397. The molecule has 0 fully saturated rings. The quantitative estimate of drug-likeness (QED) is 0.716. The fourth-order valence-electron chi connectivity index (χ4n) is 1.66. The van der Waals surface area contributed by atoms with Crippen molar-refractivity contribution in [3.8, 4) is 0 Å². The van der Waals surface area contributed by atoms with E-state index in [1.807, 2.05) is 24.2 Å². The van der Waals surface area contributed by atoms with Crippen molar-refractivity contribution in [3.05, 3.63) is 24.5 Å². The molecule has 0 saturated heterocycles. The monoisotopic (exact) mass is 252 g/mol. The first-order valence-corrected chi connectivity index (χ1v) is 7.52. The molecule has 0 aliphatic heterocycles. The van der Waals surface area contributed by atoms with Crippen LogP contribution in [0.4, 0.5) is 0 Å². The van der Waals surface area contributed by atoms with Crippen molar-refractivity contribution in [2.24, 2.45) is 5.92 Å². The Labute approximate surface area is 110 Å². The summed E-state index contributed by atoms with van der Waals surface area (Å²) in [6.07, 6.45) is 6.16. The van der Waals surface area contributed by atoms with Crippen LogP contribution in [-0.2, 0) is 0 Å². The van der Waals surface area contributed by atoms with Crippen LogP contribution in [0.5, 0.6) is 0 Å². The van der Waals surface area contributed by atoms with Gasteiger partial charge in [-0.3, -0.25) is 4.98 Å². The van der Waals surface area contributed by atoms with Crippen LogP contribution in [0.15, 0.2) is 29.4 Å². The molecule has 0 aliphatic carbocycles. The van der Waals surface area contributed by atoms with E-state index in [0.717, 1.165) is 18.2 Å². The van der Waals surface area contributed by atoms with Gasteiger partial charge < -0.3 is 5.32 Å². The van der Waals surface area contributed by atoms with Gasteiger partial charge in [-0.1, -0.05) is 27.2 Å². The largest absolute Gasteiger partial charge is 0.313 e. The maximum absolute atomic E-state index is 4.04. The molecule has 0 bridgehead atoms. The Morgan fingerprint density at radius 1 is 1.29 bits per heavy atom. The Balaban J connectivity index is 2.43. The SMILES string of the molecule is CCCNC(CSc1ccncc1)C(C)CC. The average Bonchev–Trinajstić information content (AvgIpc) is 2.39. The van der Waals surface area contributed by atoms with Crippen LogP contribution in [0.1, 0.15) is 33.6 Å². The molecular formula is C14H24N2S. The highest BCUT2D eigenvalue weighted by Crippen LogP contribution is 2.21. The minimum atomic E-state index is 0.609. The van der Waals surface area contributed by atoms with Gasteiger partial charge in [-0.05, 0) is 31.0 Å². The fraction of sp³-hybridized carbons (Fsp3) is 0.643. The molecule has 0 spiro atoms. The van der Waals surface area contributed by atoms with Gasteiger partial charge >= 0.3 is 0 Å². The second-order valence-corrected chi connectivity index (χ2v) is 5.53. The molecule has 0 aromatic carbocycles. The van der Waals surface area contributed by atoms with Gasteiger partial charge in [0, 0.05) is 29.1 Å². The Hall–Kier alpha value is -0.540. The number of thioether (sulfide) groups is 1. The summed E-state index contributed by atoms with van der Waals surface area (Å²) < 4.78 is 0. The van der Waals surface area contributed by atoms with Gasteiger partial charge in [0.05, 0.1) is 0 Å². The van der Waals surface area contributed by atoms with E-state index in [-0.39, 0.29) is 0 Å². The third-order valence-corrected chi connectivity index (χ3v) is 4.20. The minimum absolute atomic E-state index is 0.609. The van der Waals surface area contributed by atoms with Crippen molar-refractivity contribution in [1.82, 2.24) is 10.3 Å². The topological polar surface area (TPSA) is 24.9 Å². The van der Waals surface area contributed by atoms with E-state index >= 15 is 0 Å². The lowest BCUT2D eigenvalue weighted by atomic mass is 10.0. The van der Waals surface area contributed by atoms with Gasteiger partial charge in [0.1, 0.15) is 0 Å². The number of hydrogen-bond acceptors (Lipinski definition) is 3. The zero-order valence-corrected chi connectivity index (χ0v) is 12.0. The molecule has 17 heavy (non-hydrogen) atoms. The van der Waals surface area contributed by atoms with Crippen molar-refractivity contribution >= 4 is 11.8 Å². The first-order valence-electron chi connectivity index (χ1n) is 6.54. The fourth-order valence-corrected chi connectivity index (χ4v) is 2.79. The van der Waals surface area contributed by atoms with E-state index in [4.69, 9.17) is 0 Å². The molecule has 0 aliphatic rings. The molecule has 0 amide bonds. The predicted octanol–water partition coefficient (Wildman–Crippen LogP) is 3.59. The van der Waals surface area contributed by atoms with Crippen molar-refractivity contribution in [3.63, 3.8) is 0 Å². The van der Waals surface area contributed by atoms with E-state index in [1.165, 1.54) is 17.7 Å². The maximum Gasteiger partial charge on any atom is 0.0278 e. The first-order chi connectivity index (χ1) is 8.27. The zero-order valence-electron chi connectivity index (χ0n) is 11.1. The summed E-state index contributed by atoms with van der Waals surface area (Å²) in [5, 5.41) is 3.65. The van der Waals surface area contributed by atoms with E-state index in [9.17, 15) is 0 Å². The number of nitrogens with zero attached hydrogens (tertiary/aromatic N) is 1. The molecule has 96 valence electrons. The lowest BCUT2D eigenvalue weighted by Gasteiger charge is -2.24. The Kier molecular flexibility index (Phi) is 7.29. The number of hydrogen-bond donors (Lipinski definition) is 1. The van der Waals surface area contributed by atoms with Gasteiger partial charge in [0.15, 0.2) is 0 Å². The summed E-state index contributed by atoms with van der Waals surface area (Å²) in [6.45, 7) is 7.94. The van der Waals surface area contributed by atoms with Crippen LogP contribution in [0.3, 0.4) is 0 Å². The van der Waals surface area contributed by atoms with Crippen molar-refractivity contribution < 1.29 is 0 Å². The smallest absolute Gasteiger partial charge is 0.0278 e. The molecule has 0 saturated carbocycles. The van der Waals surface area contributed by atoms with E-state index in [0.29, 0.717) is 6.04 Å². The van der Waals surface area contributed by atoms with Crippen LogP contribution < -0.4 is 5.32 Å². The van der Waals surface area contributed by atoms with Gasteiger partial charge in [0.2, 0.25) is 0 Å². The molecule has 1 heterocycles. The van der Waals surface area contributed by atoms with E-state index in [2.05, 4.69) is 43.2 Å². The second kappa shape index (κ2) is 8.54. The molecular weight excluding hydrogens is 228 g/mol. The number of nitrogens with one attached hydrogen (secondary N) is 1. The molecule has 3 heteroatoms. The molecule has 0 radical (unpaired) electrons. The highest BCUT2D eigenvalue weighted by atomic mass is 32.2. The summed E-state index contributed by atoms with van der Waals surface area (Å²) in [6, 6.07) is 4.77. The Morgan fingerprint density at radius 2 is 2.00 bits per heavy atom. The number of pyridine rings is 1. The average molecular weight is 252 g/mol. The van der Waals surface area contributed by atoms with E-state index in [1.54, 1.807) is 0 Å². The van der Waals surface area contributed by atoms with Crippen LogP contribution in [0.25, 0.3) is 0 Å². The molecule has 2 unspecified atom stereocenters. The predicted molar refractivity (Wildman–Crippen MR) is 76.5 cm³/mol. The maximum atomic E-state index is 4.04. The highest BCUT2D eigenvalue weighted by Gasteiger charge is 2.14. The van der Waals surface area contributed by atoms with Crippen molar-refractivity contribution in [2.45, 2.75) is 44.6 Å². The molecule has 1 rings (SSSR count). The summed E-state index contributed by atoms with van der Waals surface area (Å²) in [4.78, 5) is 5.36. The Bertz CT molecular complexity index is 290.